The molecular formula is C23H16ClF3N6O. The Kier molecular flexibility index (Phi) is 5.45. The minimum absolute atomic E-state index is 0.138. The first-order valence-electron chi connectivity index (χ1n) is 10.3. The molecule has 0 saturated heterocycles. The maximum absolute atomic E-state index is 14.9. The average Bonchev–Trinajstić information content (AvgIpc) is 3.31. The van der Waals surface area contributed by atoms with Crippen LogP contribution in [-0.4, -0.2) is 24.5 Å². The Morgan fingerprint density at radius 2 is 1.94 bits per heavy atom. The van der Waals surface area contributed by atoms with Gasteiger partial charge in [0.15, 0.2) is 23.1 Å². The van der Waals surface area contributed by atoms with Gasteiger partial charge in [-0.05, 0) is 36.1 Å². The first-order valence-corrected chi connectivity index (χ1v) is 10.7. The Bertz CT molecular complexity index is 1620. The lowest BCUT2D eigenvalue weighted by Gasteiger charge is -2.24. The van der Waals surface area contributed by atoms with Crippen LogP contribution in [0.15, 0.2) is 53.8 Å². The van der Waals surface area contributed by atoms with Crippen molar-refractivity contribution < 1.29 is 13.2 Å². The Morgan fingerprint density at radius 1 is 1.12 bits per heavy atom. The number of hydrogen-bond acceptors (Lipinski definition) is 5. The van der Waals surface area contributed by atoms with Crippen LogP contribution in [0.1, 0.15) is 25.1 Å². The van der Waals surface area contributed by atoms with Gasteiger partial charge in [0, 0.05) is 5.69 Å². The van der Waals surface area contributed by atoms with E-state index in [0.717, 1.165) is 16.7 Å². The number of halogens is 4. The smallest absolute Gasteiger partial charge is 0.264 e. The van der Waals surface area contributed by atoms with E-state index < -0.39 is 34.1 Å². The Labute approximate surface area is 195 Å². The van der Waals surface area contributed by atoms with Crippen LogP contribution in [0.5, 0.6) is 0 Å². The van der Waals surface area contributed by atoms with Crippen molar-refractivity contribution in [1.29, 1.82) is 0 Å². The maximum atomic E-state index is 14.9. The molecule has 0 radical (unpaired) electrons. The predicted molar refractivity (Wildman–Crippen MR) is 123 cm³/mol. The van der Waals surface area contributed by atoms with Crippen molar-refractivity contribution in [1.82, 2.24) is 24.5 Å². The minimum Gasteiger partial charge on any atom is -0.360 e. The predicted octanol–water partition coefficient (Wildman–Crippen LogP) is 5.29. The average molecular weight is 485 g/mol. The molecule has 0 saturated carbocycles. The van der Waals surface area contributed by atoms with Gasteiger partial charge >= 0.3 is 0 Å². The SMILES string of the molecule is CCC(Nc1ncnc2[nH]cnc12)c1cc2ccc(F)c(Cl)c2c(=O)n1-c1cccc(F)c1F. The highest BCUT2D eigenvalue weighted by Crippen LogP contribution is 2.31. The summed E-state index contributed by atoms with van der Waals surface area (Å²) in [5.74, 6) is -2.76. The van der Waals surface area contributed by atoms with Gasteiger partial charge in [-0.1, -0.05) is 30.7 Å². The van der Waals surface area contributed by atoms with Crippen LogP contribution in [0.4, 0.5) is 19.0 Å². The second kappa shape index (κ2) is 8.45. The van der Waals surface area contributed by atoms with Crippen LogP contribution in [0, 0.1) is 17.5 Å². The summed E-state index contributed by atoms with van der Waals surface area (Å²) in [6.45, 7) is 1.85. The summed E-state index contributed by atoms with van der Waals surface area (Å²) in [5.41, 5.74) is 0.165. The molecule has 5 rings (SSSR count). The topological polar surface area (TPSA) is 88.5 Å². The monoisotopic (exact) mass is 484 g/mol. The zero-order valence-corrected chi connectivity index (χ0v) is 18.4. The van der Waals surface area contributed by atoms with Crippen LogP contribution < -0.4 is 10.9 Å². The van der Waals surface area contributed by atoms with Gasteiger partial charge in [0.2, 0.25) is 0 Å². The fourth-order valence-electron chi connectivity index (χ4n) is 3.95. The summed E-state index contributed by atoms with van der Waals surface area (Å²) in [5, 5.41) is 3.04. The zero-order chi connectivity index (χ0) is 24.0. The van der Waals surface area contributed by atoms with Crippen LogP contribution >= 0.6 is 11.6 Å². The van der Waals surface area contributed by atoms with Crippen molar-refractivity contribution in [2.45, 2.75) is 19.4 Å². The number of imidazole rings is 1. The highest BCUT2D eigenvalue weighted by Gasteiger charge is 2.24. The van der Waals surface area contributed by atoms with E-state index in [0.29, 0.717) is 34.5 Å². The number of aromatic nitrogens is 5. The van der Waals surface area contributed by atoms with Gasteiger partial charge in [0.1, 0.15) is 17.7 Å². The second-order valence-electron chi connectivity index (χ2n) is 7.54. The molecule has 0 spiro atoms. The summed E-state index contributed by atoms with van der Waals surface area (Å²) in [6, 6.07) is 7.06. The Hall–Kier alpha value is -3.92. The number of fused-ring (bicyclic) bond motifs is 2. The van der Waals surface area contributed by atoms with Gasteiger partial charge in [-0.25, -0.2) is 28.1 Å². The molecule has 34 heavy (non-hydrogen) atoms. The molecule has 0 amide bonds. The zero-order valence-electron chi connectivity index (χ0n) is 17.6. The number of nitrogens with zero attached hydrogens (tertiary/aromatic N) is 4. The Balaban J connectivity index is 1.79. The molecule has 2 N–H and O–H groups in total. The molecule has 172 valence electrons. The first-order chi connectivity index (χ1) is 16.4. The second-order valence-corrected chi connectivity index (χ2v) is 7.91. The molecular weight excluding hydrogens is 469 g/mol. The minimum atomic E-state index is -1.22. The van der Waals surface area contributed by atoms with E-state index >= 15 is 0 Å². The van der Waals surface area contributed by atoms with E-state index in [-0.39, 0.29) is 11.1 Å². The van der Waals surface area contributed by atoms with Crippen molar-refractivity contribution in [3.8, 4) is 5.69 Å². The molecule has 0 bridgehead atoms. The molecule has 7 nitrogen and oxygen atoms in total. The van der Waals surface area contributed by atoms with Gasteiger partial charge in [0.05, 0.1) is 28.5 Å². The molecule has 1 unspecified atom stereocenters. The summed E-state index contributed by atoms with van der Waals surface area (Å²) < 4.78 is 44.2. The lowest BCUT2D eigenvalue weighted by Crippen LogP contribution is -2.27. The summed E-state index contributed by atoms with van der Waals surface area (Å²) >= 11 is 6.11. The third-order valence-electron chi connectivity index (χ3n) is 5.57. The molecule has 0 aliphatic carbocycles. The summed E-state index contributed by atoms with van der Waals surface area (Å²) in [7, 11) is 0. The fraction of sp³-hybridized carbons (Fsp3) is 0.130. The van der Waals surface area contributed by atoms with Crippen LogP contribution in [0.2, 0.25) is 5.02 Å². The van der Waals surface area contributed by atoms with E-state index in [1.807, 2.05) is 6.92 Å². The van der Waals surface area contributed by atoms with Crippen molar-refractivity contribution in [2.24, 2.45) is 0 Å². The van der Waals surface area contributed by atoms with Gasteiger partial charge in [-0.2, -0.15) is 0 Å². The molecule has 3 aromatic heterocycles. The fourth-order valence-corrected chi connectivity index (χ4v) is 4.20. The molecule has 0 aliphatic heterocycles. The largest absolute Gasteiger partial charge is 0.360 e. The highest BCUT2D eigenvalue weighted by atomic mass is 35.5. The summed E-state index contributed by atoms with van der Waals surface area (Å²) in [4.78, 5) is 29.0. The van der Waals surface area contributed by atoms with Crippen molar-refractivity contribution >= 4 is 39.4 Å². The van der Waals surface area contributed by atoms with Crippen LogP contribution in [0.3, 0.4) is 0 Å². The highest BCUT2D eigenvalue weighted by molar-refractivity contribution is 6.35. The van der Waals surface area contributed by atoms with E-state index in [1.165, 1.54) is 30.9 Å². The quantitative estimate of drug-likeness (QED) is 0.354. The first kappa shape index (κ1) is 21.9. The maximum Gasteiger partial charge on any atom is 0.264 e. The number of pyridine rings is 1. The van der Waals surface area contributed by atoms with Gasteiger partial charge in [-0.15, -0.1) is 0 Å². The number of benzene rings is 2. The molecule has 5 aromatic rings. The van der Waals surface area contributed by atoms with Gasteiger partial charge < -0.3 is 10.3 Å². The number of hydrogen-bond donors (Lipinski definition) is 2. The number of H-pyrrole nitrogens is 1. The molecule has 0 aliphatic rings. The molecule has 2 aromatic carbocycles. The number of aromatic amines is 1. The van der Waals surface area contributed by atoms with E-state index in [1.54, 1.807) is 6.07 Å². The van der Waals surface area contributed by atoms with Crippen molar-refractivity contribution in [2.75, 3.05) is 5.32 Å². The molecule has 11 heteroatoms. The standard InChI is InChI=1S/C23H16ClF3N6O/c1-2-14(32-22-20-21(29-9-28-20)30-10-31-22)16-8-11-6-7-12(25)18(24)17(11)23(34)33(16)15-5-3-4-13(26)19(15)27/h3-10,14H,2H2,1H3,(H2,28,29,30,31,32). The third kappa shape index (κ3) is 3.47. The van der Waals surface area contributed by atoms with Gasteiger partial charge in [0.25, 0.3) is 5.56 Å². The number of rotatable bonds is 5. The van der Waals surface area contributed by atoms with Crippen LogP contribution in [-0.2, 0) is 0 Å². The number of nitrogens with one attached hydrogen (secondary N) is 2. The van der Waals surface area contributed by atoms with Crippen molar-refractivity contribution in [3.63, 3.8) is 0 Å². The van der Waals surface area contributed by atoms with Crippen molar-refractivity contribution in [3.05, 3.63) is 87.6 Å². The lowest BCUT2D eigenvalue weighted by atomic mass is 10.0. The van der Waals surface area contributed by atoms with E-state index in [9.17, 15) is 18.0 Å². The summed E-state index contributed by atoms with van der Waals surface area (Å²) in [6.07, 6.45) is 3.24. The lowest BCUT2D eigenvalue weighted by molar-refractivity contribution is 0.501. The van der Waals surface area contributed by atoms with Crippen LogP contribution in [0.25, 0.3) is 27.6 Å². The normalized spacial score (nSPS) is 12.4. The van der Waals surface area contributed by atoms with Gasteiger partial charge in [-0.3, -0.25) is 9.36 Å². The van der Waals surface area contributed by atoms with E-state index in [2.05, 4.69) is 25.3 Å². The van der Waals surface area contributed by atoms with E-state index in [4.69, 9.17) is 11.6 Å². The molecule has 0 fully saturated rings. The third-order valence-corrected chi connectivity index (χ3v) is 5.94. The molecule has 3 heterocycles. The molecule has 1 atom stereocenters. The Morgan fingerprint density at radius 3 is 2.74 bits per heavy atom. The number of anilines is 1.